The van der Waals surface area contributed by atoms with Gasteiger partial charge < -0.3 is 18.3 Å². The minimum Gasteiger partial charge on any atom is -0.453 e. The van der Waals surface area contributed by atoms with Crippen LogP contribution in [0.25, 0.3) is 0 Å². The quantitative estimate of drug-likeness (QED) is 0.595. The first-order valence-electron chi connectivity index (χ1n) is 7.79. The summed E-state index contributed by atoms with van der Waals surface area (Å²) in [7, 11) is 0. The predicted octanol–water partition coefficient (Wildman–Crippen LogP) is 2.80. The van der Waals surface area contributed by atoms with Crippen molar-refractivity contribution in [1.82, 2.24) is 9.97 Å². The molecule has 0 spiro atoms. The molecule has 2 rings (SSSR count). The Morgan fingerprint density at radius 1 is 0.769 bits per heavy atom. The van der Waals surface area contributed by atoms with E-state index in [2.05, 4.69) is 9.97 Å². The smallest absolute Gasteiger partial charge is 0.395 e. The van der Waals surface area contributed by atoms with Gasteiger partial charge in [0.15, 0.2) is 11.5 Å². The van der Waals surface area contributed by atoms with Crippen molar-refractivity contribution in [2.45, 2.75) is 52.7 Å². The number of hydrogen-bond donors (Lipinski definition) is 0. The summed E-state index contributed by atoms with van der Waals surface area (Å²) >= 11 is 0. The van der Waals surface area contributed by atoms with Crippen LogP contribution in [0.2, 0.25) is 0 Å². The number of rotatable bonds is 4. The molecule has 0 atom stereocenters. The highest BCUT2D eigenvalue weighted by Crippen LogP contribution is 2.17. The summed E-state index contributed by atoms with van der Waals surface area (Å²) in [6.07, 6.45) is 2.13. The molecular formula is C17H20N2O7. The lowest BCUT2D eigenvalue weighted by atomic mass is 10.2. The molecule has 2 aromatic heterocycles. The molecule has 0 saturated heterocycles. The molecule has 0 radical (unpaired) electrons. The zero-order chi connectivity index (χ0) is 19.7. The largest absolute Gasteiger partial charge is 0.453 e. The molecule has 9 heteroatoms. The molecule has 0 aliphatic rings. The van der Waals surface area contributed by atoms with E-state index in [1.165, 1.54) is 0 Å². The van der Waals surface area contributed by atoms with Gasteiger partial charge in [0, 0.05) is 0 Å². The van der Waals surface area contributed by atoms with Gasteiger partial charge in [-0.1, -0.05) is 0 Å². The van der Waals surface area contributed by atoms with Crippen LogP contribution in [0.3, 0.4) is 0 Å². The van der Waals surface area contributed by atoms with Crippen LogP contribution < -0.4 is 0 Å². The number of esters is 2. The summed E-state index contributed by atoms with van der Waals surface area (Å²) in [6, 6.07) is 0. The second kappa shape index (κ2) is 6.74. The molecule has 0 saturated carbocycles. The number of carbonyl (C=O) groups excluding carboxylic acids is 3. The van der Waals surface area contributed by atoms with Crippen LogP contribution in [0.5, 0.6) is 0 Å². The fourth-order valence-corrected chi connectivity index (χ4v) is 1.71. The van der Waals surface area contributed by atoms with Gasteiger partial charge in [-0.15, -0.1) is 0 Å². The number of ketones is 1. The first-order valence-corrected chi connectivity index (χ1v) is 7.79. The topological polar surface area (TPSA) is 122 Å². The van der Waals surface area contributed by atoms with E-state index in [1.54, 1.807) is 41.5 Å². The number of nitrogens with zero attached hydrogens (tertiary/aromatic N) is 2. The molecule has 2 heterocycles. The van der Waals surface area contributed by atoms with E-state index >= 15 is 0 Å². The monoisotopic (exact) mass is 364 g/mol. The number of hydrogen-bond acceptors (Lipinski definition) is 9. The van der Waals surface area contributed by atoms with Gasteiger partial charge >= 0.3 is 23.7 Å². The highest BCUT2D eigenvalue weighted by Gasteiger charge is 2.27. The standard InChI is InChI=1S/C17H20N2O7/c1-16(2,3)25-14(21)12-18-7-9(23-12)11(20)10-8-19-13(24-10)15(22)26-17(4,5)6/h7-8H,1-6H3. The lowest BCUT2D eigenvalue weighted by Crippen LogP contribution is -2.24. The summed E-state index contributed by atoms with van der Waals surface area (Å²) in [4.78, 5) is 43.5. The van der Waals surface area contributed by atoms with E-state index in [-0.39, 0.29) is 23.3 Å². The first-order chi connectivity index (χ1) is 11.9. The lowest BCUT2D eigenvalue weighted by Gasteiger charge is -2.17. The Hall–Kier alpha value is -2.97. The van der Waals surface area contributed by atoms with Crippen molar-refractivity contribution in [3.8, 4) is 0 Å². The van der Waals surface area contributed by atoms with Crippen molar-refractivity contribution >= 4 is 17.7 Å². The molecule has 0 aliphatic heterocycles. The Bertz CT molecular complexity index is 766. The van der Waals surface area contributed by atoms with Gasteiger partial charge in [0.25, 0.3) is 5.78 Å². The first kappa shape index (κ1) is 19.4. The second-order valence-electron chi connectivity index (χ2n) is 7.39. The van der Waals surface area contributed by atoms with E-state index in [4.69, 9.17) is 18.3 Å². The van der Waals surface area contributed by atoms with Gasteiger partial charge in [-0.05, 0) is 41.5 Å². The molecule has 0 aliphatic carbocycles. The zero-order valence-corrected chi connectivity index (χ0v) is 15.4. The van der Waals surface area contributed by atoms with E-state index in [9.17, 15) is 14.4 Å². The Kier molecular flexibility index (Phi) is 5.02. The van der Waals surface area contributed by atoms with Gasteiger partial charge in [-0.3, -0.25) is 4.79 Å². The average Bonchev–Trinajstić information content (AvgIpc) is 3.13. The summed E-state index contributed by atoms with van der Waals surface area (Å²) in [5.41, 5.74) is -1.47. The Labute approximate surface area is 149 Å². The lowest BCUT2D eigenvalue weighted by molar-refractivity contribution is 0.00166. The van der Waals surface area contributed by atoms with Gasteiger partial charge in [0.1, 0.15) is 11.2 Å². The Balaban J connectivity index is 2.13. The fraction of sp³-hybridized carbons (Fsp3) is 0.471. The van der Waals surface area contributed by atoms with Crippen LogP contribution in [0.1, 0.15) is 79.2 Å². The summed E-state index contributed by atoms with van der Waals surface area (Å²) < 4.78 is 20.4. The van der Waals surface area contributed by atoms with Gasteiger partial charge in [-0.25, -0.2) is 19.6 Å². The molecule has 140 valence electrons. The maximum Gasteiger partial charge on any atom is 0.395 e. The van der Waals surface area contributed by atoms with Crippen molar-refractivity contribution in [3.05, 3.63) is 35.7 Å². The molecule has 0 N–H and O–H groups in total. The van der Waals surface area contributed by atoms with Crippen LogP contribution in [0, 0.1) is 0 Å². The van der Waals surface area contributed by atoms with Crippen LogP contribution in [0.4, 0.5) is 0 Å². The van der Waals surface area contributed by atoms with Crippen molar-refractivity contribution in [3.63, 3.8) is 0 Å². The minimum atomic E-state index is -0.802. The summed E-state index contributed by atoms with van der Waals surface area (Å²) in [5.74, 6) is -3.57. The summed E-state index contributed by atoms with van der Waals surface area (Å²) in [6.45, 7) is 10.1. The highest BCUT2D eigenvalue weighted by atomic mass is 16.6. The van der Waals surface area contributed by atoms with Gasteiger partial charge in [-0.2, -0.15) is 0 Å². The number of ether oxygens (including phenoxy) is 2. The second-order valence-corrected chi connectivity index (χ2v) is 7.39. The van der Waals surface area contributed by atoms with E-state index in [0.717, 1.165) is 12.4 Å². The van der Waals surface area contributed by atoms with Crippen LogP contribution in [-0.2, 0) is 9.47 Å². The van der Waals surface area contributed by atoms with Gasteiger partial charge in [0.2, 0.25) is 0 Å². The Morgan fingerprint density at radius 2 is 1.12 bits per heavy atom. The third kappa shape index (κ3) is 5.01. The van der Waals surface area contributed by atoms with Crippen molar-refractivity contribution < 1.29 is 32.7 Å². The zero-order valence-electron chi connectivity index (χ0n) is 15.4. The van der Waals surface area contributed by atoms with E-state index < -0.39 is 28.9 Å². The number of carbonyl (C=O) groups is 3. The van der Waals surface area contributed by atoms with Crippen molar-refractivity contribution in [1.29, 1.82) is 0 Å². The number of aromatic nitrogens is 2. The van der Waals surface area contributed by atoms with Crippen LogP contribution in [0.15, 0.2) is 21.2 Å². The molecule has 0 unspecified atom stereocenters. The highest BCUT2D eigenvalue weighted by molar-refractivity contribution is 6.05. The Morgan fingerprint density at radius 3 is 1.42 bits per heavy atom. The van der Waals surface area contributed by atoms with E-state index in [0.29, 0.717) is 0 Å². The molecule has 9 nitrogen and oxygen atoms in total. The van der Waals surface area contributed by atoms with Crippen LogP contribution >= 0.6 is 0 Å². The fourth-order valence-electron chi connectivity index (χ4n) is 1.71. The van der Waals surface area contributed by atoms with Crippen LogP contribution in [-0.4, -0.2) is 38.9 Å². The van der Waals surface area contributed by atoms with Crippen molar-refractivity contribution in [2.24, 2.45) is 0 Å². The maximum atomic E-state index is 12.3. The predicted molar refractivity (Wildman–Crippen MR) is 86.8 cm³/mol. The molecule has 0 aromatic carbocycles. The molecule has 2 aromatic rings. The van der Waals surface area contributed by atoms with Crippen molar-refractivity contribution in [2.75, 3.05) is 0 Å². The normalized spacial score (nSPS) is 11.9. The molecule has 0 amide bonds. The average molecular weight is 364 g/mol. The third-order valence-electron chi connectivity index (χ3n) is 2.61. The van der Waals surface area contributed by atoms with Gasteiger partial charge in [0.05, 0.1) is 12.4 Å². The third-order valence-corrected chi connectivity index (χ3v) is 2.61. The molecule has 0 bridgehead atoms. The SMILES string of the molecule is CC(C)(C)OC(=O)c1ncc(C(=O)c2cnc(C(=O)OC(C)(C)C)o2)o1. The molecular weight excluding hydrogens is 344 g/mol. The minimum absolute atomic E-state index is 0.252. The summed E-state index contributed by atoms with van der Waals surface area (Å²) in [5, 5.41) is 0. The number of oxazole rings is 2. The molecule has 26 heavy (non-hydrogen) atoms. The maximum absolute atomic E-state index is 12.3. The molecule has 0 fully saturated rings. The van der Waals surface area contributed by atoms with E-state index in [1.807, 2.05) is 0 Å².